The molecule has 0 aromatic carbocycles. The van der Waals surface area contributed by atoms with Crippen molar-refractivity contribution in [1.82, 2.24) is 0 Å². The SMILES string of the molecule is O=P([O-])([O-])[O-].O=P([O-])([O-])[O-].[Na+].[Na+].[Na+].[Tb+3]. The summed E-state index contributed by atoms with van der Waals surface area (Å²) in [6.07, 6.45) is 0. The van der Waals surface area contributed by atoms with Gasteiger partial charge in [0.15, 0.2) is 0 Å². The van der Waals surface area contributed by atoms with E-state index in [0.717, 1.165) is 0 Å². The Morgan fingerprint density at radius 2 is 0.571 bits per heavy atom. The van der Waals surface area contributed by atoms with Crippen molar-refractivity contribution in [2.24, 2.45) is 0 Å². The molecule has 0 bridgehead atoms. The van der Waals surface area contributed by atoms with Crippen LogP contribution in [-0.4, -0.2) is 0 Å². The van der Waals surface area contributed by atoms with Crippen molar-refractivity contribution in [1.29, 1.82) is 0 Å². The van der Waals surface area contributed by atoms with Crippen molar-refractivity contribution in [3.63, 3.8) is 0 Å². The fraction of sp³-hybridized carbons (Fsp3) is 0. The van der Waals surface area contributed by atoms with E-state index < -0.39 is 15.6 Å². The smallest absolute Gasteiger partial charge is 0.822 e. The second-order valence-electron chi connectivity index (χ2n) is 0.894. The van der Waals surface area contributed by atoms with Gasteiger partial charge in [-0.3, -0.25) is 0 Å². The minimum Gasteiger partial charge on any atom is -0.822 e. The molecule has 8 nitrogen and oxygen atoms in total. The molecule has 0 rings (SSSR count). The van der Waals surface area contributed by atoms with E-state index >= 15 is 0 Å². The van der Waals surface area contributed by atoms with Gasteiger partial charge >= 0.3 is 127 Å². The van der Waals surface area contributed by atoms with E-state index in [1.807, 2.05) is 0 Å². The average molecular weight is 418 g/mol. The summed E-state index contributed by atoms with van der Waals surface area (Å²) in [4.78, 5) is 51.3. The second-order valence-corrected chi connectivity index (χ2v) is 2.68. The molecule has 0 aliphatic rings. The van der Waals surface area contributed by atoms with Crippen LogP contribution in [-0.2, 0) is 9.13 Å². The monoisotopic (exact) mass is 418 g/mol. The maximum absolute atomic E-state index is 8.55. The van der Waals surface area contributed by atoms with E-state index in [0.29, 0.717) is 0 Å². The normalized spacial score (nSPS) is 8.43. The van der Waals surface area contributed by atoms with Crippen molar-refractivity contribution >= 4 is 15.6 Å². The summed E-state index contributed by atoms with van der Waals surface area (Å²) in [5, 5.41) is 0. The standard InChI is InChI=1S/3Na.2H3O4P.Tb/c;;;2*1-5(2,3)4;/h;;;2*(H3,1,2,3,4);/q3*+1;;;+3/p-6. The summed E-state index contributed by atoms with van der Waals surface area (Å²) in [6, 6.07) is 0. The summed E-state index contributed by atoms with van der Waals surface area (Å²) >= 11 is 0. The van der Waals surface area contributed by atoms with Gasteiger partial charge in [-0.1, -0.05) is 0 Å². The van der Waals surface area contributed by atoms with E-state index in [4.69, 9.17) is 38.5 Å². The van der Waals surface area contributed by atoms with Gasteiger partial charge < -0.3 is 38.5 Å². The Balaban J connectivity index is -0.0000000178. The molecule has 70 valence electrons. The van der Waals surface area contributed by atoms with Gasteiger partial charge in [0.05, 0.1) is 0 Å². The molecule has 0 aromatic heterocycles. The van der Waals surface area contributed by atoms with Crippen LogP contribution in [0.5, 0.6) is 0 Å². The second kappa shape index (κ2) is 17.5. The van der Waals surface area contributed by atoms with Crippen LogP contribution in [0, 0.1) is 38.6 Å². The van der Waals surface area contributed by atoms with Gasteiger partial charge in [-0.2, -0.15) is 15.6 Å². The van der Waals surface area contributed by atoms with E-state index in [-0.39, 0.29) is 127 Å². The molecule has 0 aliphatic heterocycles. The first-order valence-electron chi connectivity index (χ1n) is 1.46. The fourth-order valence-corrected chi connectivity index (χ4v) is 0. The average Bonchev–Trinajstić information content (AvgIpc) is 1.12. The van der Waals surface area contributed by atoms with Crippen molar-refractivity contribution in [2.45, 2.75) is 0 Å². The molecule has 0 saturated carbocycles. The Bertz CT molecular complexity index is 135. The Labute approximate surface area is 177 Å². The molecule has 0 aliphatic carbocycles. The van der Waals surface area contributed by atoms with Gasteiger partial charge in [-0.25, -0.2) is 0 Å². The molecule has 14 heavy (non-hydrogen) atoms. The van der Waals surface area contributed by atoms with E-state index in [9.17, 15) is 0 Å². The zero-order valence-electron chi connectivity index (χ0n) is 7.49. The third-order valence-electron chi connectivity index (χ3n) is 0. The van der Waals surface area contributed by atoms with Gasteiger partial charge in [0.2, 0.25) is 0 Å². The van der Waals surface area contributed by atoms with E-state index in [1.165, 1.54) is 0 Å². The molecule has 0 fully saturated rings. The molecule has 0 saturated heterocycles. The van der Waals surface area contributed by atoms with Gasteiger partial charge in [0.1, 0.15) is 0 Å². The summed E-state index contributed by atoms with van der Waals surface area (Å²) in [5.74, 6) is 0. The Morgan fingerprint density at radius 1 is 0.571 bits per heavy atom. The topological polar surface area (TPSA) is 172 Å². The van der Waals surface area contributed by atoms with Crippen LogP contribution in [0.1, 0.15) is 0 Å². The van der Waals surface area contributed by atoms with Crippen LogP contribution < -0.4 is 118 Å². The number of rotatable bonds is 0. The molecule has 0 N–H and O–H groups in total. The maximum atomic E-state index is 8.55. The van der Waals surface area contributed by atoms with Crippen LogP contribution in [0.3, 0.4) is 0 Å². The molecular weight excluding hydrogens is 418 g/mol. The Kier molecular flexibility index (Phi) is 45.3. The minimum atomic E-state index is -5.39. The van der Waals surface area contributed by atoms with E-state index in [1.54, 1.807) is 0 Å². The first-order chi connectivity index (χ1) is 4.00. The maximum Gasteiger partial charge on any atom is 3.00 e. The molecule has 0 heterocycles. The van der Waals surface area contributed by atoms with Crippen molar-refractivity contribution in [3.8, 4) is 0 Å². The zero-order chi connectivity index (χ0) is 9.00. The summed E-state index contributed by atoms with van der Waals surface area (Å²) in [7, 11) is -10.8. The number of hydrogen-bond donors (Lipinski definition) is 0. The first-order valence-corrected chi connectivity index (χ1v) is 4.38. The molecular formula is Na3O8P2Tb. The summed E-state index contributed by atoms with van der Waals surface area (Å²) in [5.41, 5.74) is 0. The molecule has 0 unspecified atom stereocenters. The molecule has 0 spiro atoms. The zero-order valence-corrected chi connectivity index (χ0v) is 17.4. The van der Waals surface area contributed by atoms with Crippen LogP contribution in [0.2, 0.25) is 0 Å². The molecule has 0 radical (unpaired) electrons. The van der Waals surface area contributed by atoms with Crippen LogP contribution in [0.4, 0.5) is 0 Å². The number of phosphoric acid groups is 2. The third kappa shape index (κ3) is 195. The van der Waals surface area contributed by atoms with Crippen molar-refractivity contribution < 1.29 is 166 Å². The quantitative estimate of drug-likeness (QED) is 0.276. The fourth-order valence-electron chi connectivity index (χ4n) is 0. The van der Waals surface area contributed by atoms with Crippen LogP contribution in [0.25, 0.3) is 0 Å². The third-order valence-corrected chi connectivity index (χ3v) is 0. The largest absolute Gasteiger partial charge is 3.00 e. The van der Waals surface area contributed by atoms with Crippen LogP contribution in [0.15, 0.2) is 0 Å². The summed E-state index contributed by atoms with van der Waals surface area (Å²) < 4.78 is 17.1. The van der Waals surface area contributed by atoms with E-state index in [2.05, 4.69) is 0 Å². The van der Waals surface area contributed by atoms with Crippen molar-refractivity contribution in [2.75, 3.05) is 0 Å². The predicted molar refractivity (Wildman–Crippen MR) is 15.2 cm³/mol. The van der Waals surface area contributed by atoms with Gasteiger partial charge in [-0.05, 0) is 0 Å². The van der Waals surface area contributed by atoms with Crippen molar-refractivity contribution in [3.05, 3.63) is 0 Å². The number of hydrogen-bond acceptors (Lipinski definition) is 8. The van der Waals surface area contributed by atoms with Crippen LogP contribution >= 0.6 is 15.6 Å². The summed E-state index contributed by atoms with van der Waals surface area (Å²) in [6.45, 7) is 0. The van der Waals surface area contributed by atoms with Gasteiger partial charge in [0, 0.05) is 0 Å². The van der Waals surface area contributed by atoms with Gasteiger partial charge in [-0.15, -0.1) is 0 Å². The minimum absolute atomic E-state index is 0. The molecule has 0 atom stereocenters. The van der Waals surface area contributed by atoms with Gasteiger partial charge in [0.25, 0.3) is 0 Å². The Morgan fingerprint density at radius 3 is 0.571 bits per heavy atom. The first kappa shape index (κ1) is 36.3. The Hall–Kier alpha value is 4.51. The predicted octanol–water partition coefficient (Wildman–Crippen LogP) is -14.6. The molecule has 0 aromatic rings. The molecule has 14 heteroatoms. The molecule has 0 amide bonds.